The van der Waals surface area contributed by atoms with Crippen molar-refractivity contribution in [1.29, 1.82) is 5.41 Å². The molecule has 0 heterocycles. The molecule has 2 rings (SSSR count). The van der Waals surface area contributed by atoms with Crippen molar-refractivity contribution < 1.29 is 0 Å². The molecule has 3 nitrogen and oxygen atoms in total. The number of nitrogens with one attached hydrogen (secondary N) is 2. The minimum Gasteiger partial charge on any atom is -0.306 e. The average molecular weight is 263 g/mol. The van der Waals surface area contributed by atoms with Crippen LogP contribution in [0.1, 0.15) is 6.92 Å². The molecule has 0 aliphatic carbocycles. The Morgan fingerprint density at radius 3 is 2.60 bits per heavy atom. The van der Waals surface area contributed by atoms with Crippen LogP contribution in [0.3, 0.4) is 0 Å². The topological polar surface area (TPSA) is 48.2 Å². The fourth-order valence-electron chi connectivity index (χ4n) is 1.75. The Labute approximate surface area is 118 Å². The lowest BCUT2D eigenvalue weighted by Crippen LogP contribution is -1.96. The van der Waals surface area contributed by atoms with E-state index in [2.05, 4.69) is 35.3 Å². The molecule has 0 radical (unpaired) electrons. The van der Waals surface area contributed by atoms with E-state index >= 15 is 0 Å². The summed E-state index contributed by atoms with van der Waals surface area (Å²) in [5.74, 6) is 0. The predicted octanol–water partition coefficient (Wildman–Crippen LogP) is 4.39. The summed E-state index contributed by atoms with van der Waals surface area (Å²) in [6.07, 6.45) is 5.08. The number of nitrogens with zero attached hydrogens (tertiary/aromatic N) is 1. The van der Waals surface area contributed by atoms with Gasteiger partial charge in [-0.2, -0.15) is 5.10 Å². The van der Waals surface area contributed by atoms with Gasteiger partial charge in [0.15, 0.2) is 0 Å². The second kappa shape index (κ2) is 6.48. The first kappa shape index (κ1) is 13.7. The number of fused-ring (bicyclic) bond motifs is 1. The summed E-state index contributed by atoms with van der Waals surface area (Å²) in [7, 11) is 0. The molecular weight excluding hydrogens is 246 g/mol. The van der Waals surface area contributed by atoms with Crippen LogP contribution < -0.4 is 5.43 Å². The number of anilines is 1. The van der Waals surface area contributed by atoms with E-state index in [0.29, 0.717) is 11.4 Å². The molecule has 0 atom stereocenters. The first-order chi connectivity index (χ1) is 9.69. The van der Waals surface area contributed by atoms with Gasteiger partial charge in [0.05, 0.1) is 11.4 Å². The zero-order valence-corrected chi connectivity index (χ0v) is 11.4. The molecular formula is C17H17N3. The normalized spacial score (nSPS) is 11.8. The molecule has 3 heteroatoms. The van der Waals surface area contributed by atoms with Crippen molar-refractivity contribution in [2.24, 2.45) is 5.10 Å². The molecule has 0 unspecified atom stereocenters. The van der Waals surface area contributed by atoms with E-state index in [1.807, 2.05) is 24.3 Å². The van der Waals surface area contributed by atoms with Crippen LogP contribution in [-0.4, -0.2) is 11.4 Å². The van der Waals surface area contributed by atoms with E-state index in [9.17, 15) is 0 Å². The van der Waals surface area contributed by atoms with E-state index in [1.165, 1.54) is 10.8 Å². The largest absolute Gasteiger partial charge is 0.306 e. The molecule has 0 aliphatic heterocycles. The van der Waals surface area contributed by atoms with Gasteiger partial charge in [-0.25, -0.2) is 0 Å². The molecule has 0 saturated heterocycles. The number of hydrogen-bond acceptors (Lipinski definition) is 3. The van der Waals surface area contributed by atoms with Crippen molar-refractivity contribution in [2.75, 3.05) is 5.43 Å². The Kier molecular flexibility index (Phi) is 4.45. The summed E-state index contributed by atoms with van der Waals surface area (Å²) in [5.41, 5.74) is 5.09. The summed E-state index contributed by atoms with van der Waals surface area (Å²) in [4.78, 5) is 0. The van der Waals surface area contributed by atoms with Crippen LogP contribution in [0.4, 0.5) is 5.69 Å². The molecule has 2 aromatic carbocycles. The third kappa shape index (κ3) is 3.65. The average Bonchev–Trinajstić information content (AvgIpc) is 2.47. The number of allylic oxidation sites excluding steroid dienone is 3. The molecule has 0 fully saturated rings. The second-order valence-corrected chi connectivity index (χ2v) is 4.43. The third-order valence-corrected chi connectivity index (χ3v) is 2.78. The summed E-state index contributed by atoms with van der Waals surface area (Å²) in [6.45, 7) is 5.42. The van der Waals surface area contributed by atoms with Gasteiger partial charge in [-0.3, -0.25) is 5.43 Å². The monoisotopic (exact) mass is 263 g/mol. The quantitative estimate of drug-likeness (QED) is 0.610. The van der Waals surface area contributed by atoms with Crippen LogP contribution in [-0.2, 0) is 0 Å². The van der Waals surface area contributed by atoms with Crippen LogP contribution in [0, 0.1) is 5.41 Å². The molecule has 0 amide bonds. The third-order valence-electron chi connectivity index (χ3n) is 2.78. The number of hydrazone groups is 1. The highest BCUT2D eigenvalue weighted by Crippen LogP contribution is 2.18. The molecule has 20 heavy (non-hydrogen) atoms. The molecule has 0 aliphatic rings. The molecule has 2 N–H and O–H groups in total. The van der Waals surface area contributed by atoms with Crippen molar-refractivity contribution in [3.8, 4) is 0 Å². The standard InChI is InChI=1S/C17H17N3/c1-3-16(10-8-13(2)18)19-20-17-11-9-14-6-4-5-7-15(14)12-17/h3-12,18,20H,1H2,2H3. The smallest absolute Gasteiger partial charge is 0.0828 e. The Hall–Kier alpha value is -2.68. The zero-order valence-electron chi connectivity index (χ0n) is 11.4. The fourth-order valence-corrected chi connectivity index (χ4v) is 1.75. The Morgan fingerprint density at radius 1 is 1.15 bits per heavy atom. The highest BCUT2D eigenvalue weighted by molar-refractivity contribution is 6.07. The Balaban J connectivity index is 2.18. The molecule has 0 aromatic heterocycles. The summed E-state index contributed by atoms with van der Waals surface area (Å²) in [5, 5.41) is 14.0. The van der Waals surface area contributed by atoms with Crippen molar-refractivity contribution in [2.45, 2.75) is 6.92 Å². The van der Waals surface area contributed by atoms with Crippen LogP contribution in [0.2, 0.25) is 0 Å². The molecule has 0 spiro atoms. The van der Waals surface area contributed by atoms with E-state index in [1.54, 1.807) is 25.2 Å². The number of benzene rings is 2. The lowest BCUT2D eigenvalue weighted by molar-refractivity contribution is 1.35. The first-order valence-electron chi connectivity index (χ1n) is 6.37. The summed E-state index contributed by atoms with van der Waals surface area (Å²) >= 11 is 0. The van der Waals surface area contributed by atoms with Gasteiger partial charge in [0.1, 0.15) is 0 Å². The van der Waals surface area contributed by atoms with Gasteiger partial charge in [-0.15, -0.1) is 0 Å². The van der Waals surface area contributed by atoms with E-state index < -0.39 is 0 Å². The van der Waals surface area contributed by atoms with Crippen molar-refractivity contribution in [3.63, 3.8) is 0 Å². The van der Waals surface area contributed by atoms with Gasteiger partial charge in [0.2, 0.25) is 0 Å². The maximum Gasteiger partial charge on any atom is 0.0828 e. The highest BCUT2D eigenvalue weighted by Gasteiger charge is 1.95. The fraction of sp³-hybridized carbons (Fsp3) is 0.0588. The molecule has 0 saturated carbocycles. The van der Waals surface area contributed by atoms with Crippen molar-refractivity contribution >= 4 is 27.9 Å². The summed E-state index contributed by atoms with van der Waals surface area (Å²) in [6, 6.07) is 14.3. The van der Waals surface area contributed by atoms with Crippen LogP contribution in [0.5, 0.6) is 0 Å². The van der Waals surface area contributed by atoms with E-state index in [4.69, 9.17) is 5.41 Å². The van der Waals surface area contributed by atoms with Gasteiger partial charge in [0, 0.05) is 5.71 Å². The molecule has 0 bridgehead atoms. The van der Waals surface area contributed by atoms with Gasteiger partial charge in [-0.05, 0) is 48.1 Å². The Bertz CT molecular complexity index is 696. The van der Waals surface area contributed by atoms with E-state index in [-0.39, 0.29) is 0 Å². The van der Waals surface area contributed by atoms with Gasteiger partial charge in [-0.1, -0.05) is 36.9 Å². The maximum absolute atomic E-state index is 7.35. The highest BCUT2D eigenvalue weighted by atomic mass is 15.3. The number of hydrogen-bond donors (Lipinski definition) is 2. The van der Waals surface area contributed by atoms with Crippen LogP contribution >= 0.6 is 0 Å². The minimum absolute atomic E-state index is 0.477. The zero-order chi connectivity index (χ0) is 14.4. The molecule has 100 valence electrons. The van der Waals surface area contributed by atoms with Gasteiger partial charge in [0.25, 0.3) is 0 Å². The van der Waals surface area contributed by atoms with Crippen LogP contribution in [0.25, 0.3) is 10.8 Å². The lowest BCUT2D eigenvalue weighted by Gasteiger charge is -2.03. The maximum atomic E-state index is 7.35. The van der Waals surface area contributed by atoms with Gasteiger partial charge >= 0.3 is 0 Å². The lowest BCUT2D eigenvalue weighted by atomic mass is 10.1. The molecule has 2 aromatic rings. The van der Waals surface area contributed by atoms with E-state index in [0.717, 1.165) is 5.69 Å². The van der Waals surface area contributed by atoms with Crippen LogP contribution in [0.15, 0.2) is 72.4 Å². The second-order valence-electron chi connectivity index (χ2n) is 4.43. The SMILES string of the molecule is C=CC(C=CC(C)=N)=NNc1ccc2ccccc2c1. The van der Waals surface area contributed by atoms with Crippen molar-refractivity contribution in [1.82, 2.24) is 0 Å². The number of rotatable bonds is 5. The predicted molar refractivity (Wildman–Crippen MR) is 87.7 cm³/mol. The van der Waals surface area contributed by atoms with Crippen molar-refractivity contribution in [3.05, 3.63) is 67.3 Å². The minimum atomic E-state index is 0.477. The van der Waals surface area contributed by atoms with Gasteiger partial charge < -0.3 is 5.41 Å². The first-order valence-corrected chi connectivity index (χ1v) is 6.37. The Morgan fingerprint density at radius 2 is 1.90 bits per heavy atom. The summed E-state index contributed by atoms with van der Waals surface area (Å²) < 4.78 is 0.